The molecule has 0 bridgehead atoms. The summed E-state index contributed by atoms with van der Waals surface area (Å²) in [6.07, 6.45) is 10.6. The number of rotatable bonds is 18. The maximum absolute atomic E-state index is 13.5. The number of nitrogens with zero attached hydrogens (tertiary/aromatic N) is 2. The Morgan fingerprint density at radius 3 is 2.46 bits per heavy atom. The SMILES string of the molecule is CCCCCC(CCCCC)C(=O)OC[N+]1(CCCCOc2ccc3ccc(=O)[nH]c3c2)CCN(c2cccc3sccc23)CC1. The summed E-state index contributed by atoms with van der Waals surface area (Å²) in [4.78, 5) is 30.6. The topological polar surface area (TPSA) is 71.6 Å². The van der Waals surface area contributed by atoms with Gasteiger partial charge in [-0.3, -0.25) is 14.1 Å². The van der Waals surface area contributed by atoms with Crippen LogP contribution < -0.4 is 15.2 Å². The van der Waals surface area contributed by atoms with Crippen molar-refractivity contribution < 1.29 is 18.8 Å². The number of ether oxygens (including phenoxy) is 2. The number of carbonyl (C=O) groups excluding carboxylic acids is 1. The summed E-state index contributed by atoms with van der Waals surface area (Å²) in [5, 5.41) is 4.49. The number of aromatic amines is 1. The van der Waals surface area contributed by atoms with E-state index < -0.39 is 0 Å². The number of hydrogen-bond donors (Lipinski definition) is 1. The number of piperazine rings is 1. The Kier molecular flexibility index (Phi) is 12.5. The van der Waals surface area contributed by atoms with Gasteiger partial charge in [-0.1, -0.05) is 58.4 Å². The third-order valence-electron chi connectivity index (χ3n) is 9.62. The van der Waals surface area contributed by atoms with Crippen LogP contribution in [0, 0.1) is 5.92 Å². The minimum absolute atomic E-state index is 0.00727. The van der Waals surface area contributed by atoms with Crippen molar-refractivity contribution in [1.29, 1.82) is 0 Å². The summed E-state index contributed by atoms with van der Waals surface area (Å²) in [5.74, 6) is 0.786. The van der Waals surface area contributed by atoms with Gasteiger partial charge < -0.3 is 19.4 Å². The summed E-state index contributed by atoms with van der Waals surface area (Å²) < 4.78 is 14.5. The van der Waals surface area contributed by atoms with Gasteiger partial charge in [-0.2, -0.15) is 0 Å². The number of H-pyrrole nitrogens is 1. The minimum atomic E-state index is -0.111. The third kappa shape index (κ3) is 9.13. The normalized spacial score (nSPS) is 14.7. The highest BCUT2D eigenvalue weighted by atomic mass is 32.1. The van der Waals surface area contributed by atoms with Crippen molar-refractivity contribution in [3.8, 4) is 5.75 Å². The average Bonchev–Trinajstić information content (AvgIpc) is 3.56. The Hall–Kier alpha value is -3.36. The lowest BCUT2D eigenvalue weighted by Gasteiger charge is -2.45. The molecule has 0 spiro atoms. The van der Waals surface area contributed by atoms with Gasteiger partial charge in [-0.15, -0.1) is 11.3 Å². The number of pyridine rings is 1. The Bertz CT molecular complexity index is 1580. The van der Waals surface area contributed by atoms with E-state index >= 15 is 0 Å². The summed E-state index contributed by atoms with van der Waals surface area (Å²) in [5.41, 5.74) is 1.99. The van der Waals surface area contributed by atoms with Gasteiger partial charge in [-0.25, -0.2) is 0 Å². The number of unbranched alkanes of at least 4 members (excludes halogenated alkanes) is 5. The molecule has 2 aromatic heterocycles. The largest absolute Gasteiger partial charge is 0.494 e. The molecule has 0 atom stereocenters. The van der Waals surface area contributed by atoms with Gasteiger partial charge in [0.1, 0.15) is 5.75 Å². The molecule has 4 aromatic rings. The minimum Gasteiger partial charge on any atom is -0.494 e. The van der Waals surface area contributed by atoms with Crippen LogP contribution >= 0.6 is 11.3 Å². The van der Waals surface area contributed by atoms with Gasteiger partial charge in [0.15, 0.2) is 0 Å². The zero-order chi connectivity index (χ0) is 32.2. The lowest BCUT2D eigenvalue weighted by atomic mass is 9.95. The number of anilines is 1. The lowest BCUT2D eigenvalue weighted by molar-refractivity contribution is -0.944. The van der Waals surface area contributed by atoms with Crippen LogP contribution in [-0.4, -0.2) is 61.5 Å². The van der Waals surface area contributed by atoms with Crippen molar-refractivity contribution in [2.75, 3.05) is 51.0 Å². The molecule has 0 saturated carbocycles. The number of nitrogens with one attached hydrogen (secondary N) is 1. The van der Waals surface area contributed by atoms with Crippen LogP contribution in [0.25, 0.3) is 21.0 Å². The van der Waals surface area contributed by atoms with Gasteiger partial charge in [0, 0.05) is 27.9 Å². The number of benzene rings is 2. The van der Waals surface area contributed by atoms with Crippen LogP contribution in [-0.2, 0) is 9.53 Å². The van der Waals surface area contributed by atoms with E-state index in [1.54, 1.807) is 17.4 Å². The quantitative estimate of drug-likeness (QED) is 0.0667. The monoisotopic (exact) mass is 646 g/mol. The highest BCUT2D eigenvalue weighted by Gasteiger charge is 2.35. The average molecular weight is 647 g/mol. The van der Waals surface area contributed by atoms with Gasteiger partial charge in [-0.05, 0) is 72.8 Å². The summed E-state index contributed by atoms with van der Waals surface area (Å²) in [6.45, 7) is 10.2. The van der Waals surface area contributed by atoms with E-state index in [0.29, 0.717) is 13.3 Å². The molecule has 2 aromatic carbocycles. The van der Waals surface area contributed by atoms with Crippen LogP contribution in [0.3, 0.4) is 0 Å². The van der Waals surface area contributed by atoms with Gasteiger partial charge in [0.05, 0.1) is 50.8 Å². The van der Waals surface area contributed by atoms with Crippen LogP contribution in [0.4, 0.5) is 5.69 Å². The molecule has 1 N–H and O–H groups in total. The Labute approximate surface area is 278 Å². The first-order valence-electron chi connectivity index (χ1n) is 17.5. The molecule has 1 fully saturated rings. The smallest absolute Gasteiger partial charge is 0.313 e. The van der Waals surface area contributed by atoms with Crippen molar-refractivity contribution in [2.24, 2.45) is 5.92 Å². The molecule has 0 radical (unpaired) electrons. The van der Waals surface area contributed by atoms with E-state index in [2.05, 4.69) is 53.4 Å². The predicted molar refractivity (Wildman–Crippen MR) is 191 cm³/mol. The van der Waals surface area contributed by atoms with Crippen LogP contribution in [0.5, 0.6) is 5.75 Å². The first kappa shape index (κ1) is 34.0. The van der Waals surface area contributed by atoms with E-state index in [9.17, 15) is 9.59 Å². The Morgan fingerprint density at radius 1 is 0.935 bits per heavy atom. The molecule has 5 rings (SSSR count). The maximum Gasteiger partial charge on any atom is 0.313 e. The van der Waals surface area contributed by atoms with E-state index in [1.165, 1.54) is 28.6 Å². The molecule has 1 saturated heterocycles. The number of fused-ring (bicyclic) bond motifs is 2. The molecule has 8 heteroatoms. The van der Waals surface area contributed by atoms with Crippen LogP contribution in [0.15, 0.2) is 64.8 Å². The predicted octanol–water partition coefficient (Wildman–Crippen LogP) is 8.52. The van der Waals surface area contributed by atoms with Crippen molar-refractivity contribution in [3.05, 3.63) is 70.3 Å². The molecule has 0 aliphatic carbocycles. The first-order valence-corrected chi connectivity index (χ1v) is 18.4. The summed E-state index contributed by atoms with van der Waals surface area (Å²) >= 11 is 1.79. The molecular weight excluding hydrogens is 595 g/mol. The molecule has 46 heavy (non-hydrogen) atoms. The zero-order valence-electron chi connectivity index (χ0n) is 27.8. The lowest BCUT2D eigenvalue weighted by Crippen LogP contribution is -2.61. The van der Waals surface area contributed by atoms with E-state index in [1.807, 2.05) is 24.3 Å². The van der Waals surface area contributed by atoms with Crippen molar-refractivity contribution in [1.82, 2.24) is 4.98 Å². The molecular formula is C38H52N3O4S+. The van der Waals surface area contributed by atoms with Crippen LogP contribution in [0.2, 0.25) is 0 Å². The fraction of sp³-hybridized carbons (Fsp3) is 0.526. The van der Waals surface area contributed by atoms with E-state index in [4.69, 9.17) is 9.47 Å². The second kappa shape index (κ2) is 17.0. The van der Waals surface area contributed by atoms with Crippen molar-refractivity contribution >= 4 is 44.0 Å². The number of quaternary nitrogens is 1. The van der Waals surface area contributed by atoms with E-state index in [-0.39, 0.29) is 17.4 Å². The number of hydrogen-bond acceptors (Lipinski definition) is 6. The second-order valence-electron chi connectivity index (χ2n) is 13.0. The van der Waals surface area contributed by atoms with E-state index in [0.717, 1.165) is 105 Å². The first-order chi connectivity index (χ1) is 22.5. The number of esters is 1. The fourth-order valence-electron chi connectivity index (χ4n) is 6.74. The zero-order valence-corrected chi connectivity index (χ0v) is 28.6. The second-order valence-corrected chi connectivity index (χ2v) is 14.0. The molecule has 7 nitrogen and oxygen atoms in total. The molecule has 3 heterocycles. The molecule has 248 valence electrons. The highest BCUT2D eigenvalue weighted by Crippen LogP contribution is 2.32. The molecule has 1 aliphatic rings. The fourth-order valence-corrected chi connectivity index (χ4v) is 7.55. The third-order valence-corrected chi connectivity index (χ3v) is 10.5. The van der Waals surface area contributed by atoms with Crippen LogP contribution in [0.1, 0.15) is 78.1 Å². The standard InChI is InChI=1S/C38H51N3O4S/c1-3-5-7-12-31(13-8-6-4-2)38(43)45-29-41(24-21-40(22-25-41)35-14-11-15-36-33(35)20-27-46-36)23-9-10-26-44-32-18-16-30-17-19-37(42)39-34(30)28-32/h11,14-20,27-28,31H,3-10,12-13,21-26,29H2,1-2H3/p+1. The van der Waals surface area contributed by atoms with Gasteiger partial charge in [0.25, 0.3) is 0 Å². The maximum atomic E-state index is 13.5. The van der Waals surface area contributed by atoms with Crippen molar-refractivity contribution in [3.63, 3.8) is 0 Å². The van der Waals surface area contributed by atoms with Crippen molar-refractivity contribution in [2.45, 2.75) is 78.1 Å². The number of thiophene rings is 1. The molecule has 1 aliphatic heterocycles. The molecule has 0 amide bonds. The Balaban J connectivity index is 1.20. The Morgan fingerprint density at radius 2 is 1.70 bits per heavy atom. The highest BCUT2D eigenvalue weighted by molar-refractivity contribution is 7.17. The number of carbonyl (C=O) groups is 1. The van der Waals surface area contributed by atoms with Gasteiger partial charge in [0.2, 0.25) is 12.3 Å². The molecule has 0 unspecified atom stereocenters. The summed E-state index contributed by atoms with van der Waals surface area (Å²) in [7, 11) is 0. The summed E-state index contributed by atoms with van der Waals surface area (Å²) in [6, 6.07) is 18.0. The van der Waals surface area contributed by atoms with Gasteiger partial charge >= 0.3 is 5.97 Å². The number of aromatic nitrogens is 1.